The molecule has 7 atom stereocenters. The second kappa shape index (κ2) is 12.0. The number of esters is 2. The Labute approximate surface area is 286 Å². The van der Waals surface area contributed by atoms with Crippen molar-refractivity contribution in [1.82, 2.24) is 15.1 Å². The fraction of sp³-hybridized carbons (Fsp3) is 0.500. The summed E-state index contributed by atoms with van der Waals surface area (Å²) in [5.74, 6) is -0.727. The fourth-order valence-electron chi connectivity index (χ4n) is 8.49. The predicted molar refractivity (Wildman–Crippen MR) is 172 cm³/mol. The smallest absolute Gasteiger partial charge is 0.329 e. The van der Waals surface area contributed by atoms with Crippen LogP contribution in [0.5, 0.6) is 28.7 Å². The van der Waals surface area contributed by atoms with Gasteiger partial charge in [0.1, 0.15) is 24.4 Å². The lowest BCUT2D eigenvalue weighted by molar-refractivity contribution is -0.157. The van der Waals surface area contributed by atoms with Crippen molar-refractivity contribution in [3.05, 3.63) is 39.4 Å². The third kappa shape index (κ3) is 4.86. The van der Waals surface area contributed by atoms with Crippen molar-refractivity contribution in [2.45, 2.75) is 82.5 Å². The molecule has 0 saturated carbocycles. The second-order valence-corrected chi connectivity index (χ2v) is 14.1. The highest BCUT2D eigenvalue weighted by molar-refractivity contribution is 7.99. The summed E-state index contributed by atoms with van der Waals surface area (Å²) >= 11 is 1.29. The average Bonchev–Trinajstić information content (AvgIpc) is 3.53. The zero-order valence-corrected chi connectivity index (χ0v) is 28.6. The standard InChI is InChI=1S/C34H36N4O10S/c1-13-7-18-8-20-21(9-35)38-22-10-45-34(43)19(36-15(3)39)11-49-33(27(38)26(37(20)16(4)40)23(18)28(42)29(13)44-6)25-24(22)32-31(46-12-47-32)14(2)30(25)48-17(5)41/h7,19-22,26-27,33,42H,8,10-12H2,1-6H3,(H,36,39)/t19?,20-,21+,22+,26-,27-,33-/m1/s1. The van der Waals surface area contributed by atoms with Crippen molar-refractivity contribution in [3.8, 4) is 34.8 Å². The topological polar surface area (TPSA) is 177 Å². The van der Waals surface area contributed by atoms with Gasteiger partial charge in [0.05, 0.1) is 42.6 Å². The monoisotopic (exact) mass is 692 g/mol. The maximum atomic E-state index is 13.7. The maximum Gasteiger partial charge on any atom is 0.329 e. The lowest BCUT2D eigenvalue weighted by Crippen LogP contribution is -2.70. The van der Waals surface area contributed by atoms with Gasteiger partial charge in [-0.2, -0.15) is 5.26 Å². The summed E-state index contributed by atoms with van der Waals surface area (Å²) in [7, 11) is 1.46. The van der Waals surface area contributed by atoms with Crippen LogP contribution < -0.4 is 24.3 Å². The summed E-state index contributed by atoms with van der Waals surface area (Å²) < 4.78 is 29.5. The first kappa shape index (κ1) is 32.8. The second-order valence-electron chi connectivity index (χ2n) is 12.9. The molecule has 5 aliphatic heterocycles. The van der Waals surface area contributed by atoms with Gasteiger partial charge in [0.25, 0.3) is 0 Å². The van der Waals surface area contributed by atoms with Gasteiger partial charge in [-0.3, -0.25) is 19.3 Å². The van der Waals surface area contributed by atoms with E-state index in [-0.39, 0.29) is 48.7 Å². The molecule has 2 aromatic rings. The molecule has 2 fully saturated rings. The van der Waals surface area contributed by atoms with Crippen molar-refractivity contribution in [1.29, 1.82) is 5.26 Å². The number of nitrogens with one attached hydrogen (secondary N) is 1. The summed E-state index contributed by atoms with van der Waals surface area (Å²) in [6, 6.07) is -0.549. The van der Waals surface area contributed by atoms with Crippen LogP contribution in [-0.2, 0) is 30.3 Å². The van der Waals surface area contributed by atoms with Gasteiger partial charge in [-0.05, 0) is 31.4 Å². The van der Waals surface area contributed by atoms with Crippen LogP contribution in [0.2, 0.25) is 0 Å². The number of aromatic hydroxyl groups is 1. The first-order valence-electron chi connectivity index (χ1n) is 15.9. The van der Waals surface area contributed by atoms with E-state index in [1.54, 1.807) is 11.8 Å². The zero-order chi connectivity index (χ0) is 35.0. The van der Waals surface area contributed by atoms with E-state index in [0.29, 0.717) is 39.3 Å². The van der Waals surface area contributed by atoms with Crippen molar-refractivity contribution < 1.29 is 48.0 Å². The number of rotatable bonds is 3. The number of thioether (sulfide) groups is 1. The quantitative estimate of drug-likeness (QED) is 0.355. The summed E-state index contributed by atoms with van der Waals surface area (Å²) in [6.07, 6.45) is 0.275. The van der Waals surface area contributed by atoms with E-state index in [0.717, 1.165) is 5.56 Å². The highest BCUT2D eigenvalue weighted by Gasteiger charge is 2.62. The summed E-state index contributed by atoms with van der Waals surface area (Å²) in [4.78, 5) is 55.7. The molecule has 0 aromatic heterocycles. The normalized spacial score (nSPS) is 27.9. The van der Waals surface area contributed by atoms with Crippen molar-refractivity contribution >= 4 is 35.5 Å². The van der Waals surface area contributed by atoms with Crippen molar-refractivity contribution in [2.75, 3.05) is 26.3 Å². The Morgan fingerprint density at radius 2 is 1.82 bits per heavy atom. The number of carbonyl (C=O) groups excluding carboxylic acids is 4. The number of nitriles is 1. The number of nitrogens with zero attached hydrogens (tertiary/aromatic N) is 3. The van der Waals surface area contributed by atoms with Crippen LogP contribution in [0.3, 0.4) is 0 Å². The number of hydrogen-bond acceptors (Lipinski definition) is 13. The summed E-state index contributed by atoms with van der Waals surface area (Å²) in [5.41, 5.74) is 3.62. The van der Waals surface area contributed by atoms with E-state index in [4.69, 9.17) is 23.7 Å². The van der Waals surface area contributed by atoms with E-state index in [9.17, 15) is 29.5 Å². The Morgan fingerprint density at radius 1 is 1.08 bits per heavy atom. The number of hydrogen-bond donors (Lipinski definition) is 2. The summed E-state index contributed by atoms with van der Waals surface area (Å²) in [6.45, 7) is 7.26. The molecule has 2 aromatic carbocycles. The largest absolute Gasteiger partial charge is 0.504 e. The minimum atomic E-state index is -1.02. The SMILES string of the molecule is COc1c(C)cc2c(c1O)[C@@H]1[C@@H]3[C@@H]4SCC(NC(C)=O)C(=O)OC[C@@H](c5c6c(c(C)c(OC(C)=O)c54)OCO6)N3[C@@H](C#N)[C@@H](C2)N1C(C)=O. The number of methoxy groups -OCH3 is 1. The number of amides is 2. The molecule has 258 valence electrons. The average molecular weight is 693 g/mol. The molecule has 5 heterocycles. The third-order valence-electron chi connectivity index (χ3n) is 10.1. The van der Waals surface area contributed by atoms with Crippen LogP contribution in [0.15, 0.2) is 6.07 Å². The van der Waals surface area contributed by atoms with Gasteiger partial charge in [-0.25, -0.2) is 4.79 Å². The number of benzene rings is 2. The number of cyclic esters (lactones) is 1. The zero-order valence-electron chi connectivity index (χ0n) is 27.8. The van der Waals surface area contributed by atoms with Crippen LogP contribution in [0.1, 0.15) is 71.5 Å². The Bertz CT molecular complexity index is 1860. The number of fused-ring (bicyclic) bond motifs is 9. The van der Waals surface area contributed by atoms with Crippen LogP contribution in [0.4, 0.5) is 0 Å². The number of piperazine rings is 1. The van der Waals surface area contributed by atoms with Gasteiger partial charge in [-0.1, -0.05) is 6.07 Å². The van der Waals surface area contributed by atoms with Crippen LogP contribution in [-0.4, -0.2) is 89.1 Å². The first-order chi connectivity index (χ1) is 23.4. The molecule has 49 heavy (non-hydrogen) atoms. The van der Waals surface area contributed by atoms with E-state index in [2.05, 4.69) is 11.4 Å². The minimum absolute atomic E-state index is 0.0357. The maximum absolute atomic E-state index is 13.7. The van der Waals surface area contributed by atoms with Crippen LogP contribution in [0.25, 0.3) is 0 Å². The number of aryl methyl sites for hydroxylation is 1. The number of carbonyl (C=O) groups is 4. The molecule has 5 aliphatic rings. The molecule has 0 radical (unpaired) electrons. The van der Waals surface area contributed by atoms with E-state index in [1.165, 1.54) is 39.6 Å². The number of phenolic OH excluding ortho intramolecular Hbond substituents is 1. The predicted octanol–water partition coefficient (Wildman–Crippen LogP) is 2.65. The molecular formula is C34H36N4O10S. The Morgan fingerprint density at radius 3 is 2.47 bits per heavy atom. The molecule has 4 bridgehead atoms. The number of phenols is 1. The van der Waals surface area contributed by atoms with Crippen LogP contribution >= 0.6 is 11.8 Å². The minimum Gasteiger partial charge on any atom is -0.504 e. The lowest BCUT2D eigenvalue weighted by atomic mass is 9.71. The van der Waals surface area contributed by atoms with Crippen LogP contribution in [0, 0.1) is 25.2 Å². The summed E-state index contributed by atoms with van der Waals surface area (Å²) in [5, 5.41) is 24.8. The Balaban J connectivity index is 1.57. The van der Waals surface area contributed by atoms with E-state index < -0.39 is 59.3 Å². The van der Waals surface area contributed by atoms with Gasteiger partial charge < -0.3 is 39.0 Å². The highest BCUT2D eigenvalue weighted by Crippen LogP contribution is 2.64. The number of ether oxygens (including phenoxy) is 5. The van der Waals surface area contributed by atoms with E-state index >= 15 is 0 Å². The molecule has 2 amide bonds. The molecule has 2 N–H and O–H groups in total. The van der Waals surface area contributed by atoms with Crippen molar-refractivity contribution in [3.63, 3.8) is 0 Å². The lowest BCUT2D eigenvalue weighted by Gasteiger charge is -2.62. The molecule has 0 aliphatic carbocycles. The Kier molecular flexibility index (Phi) is 8.06. The molecule has 15 heteroatoms. The van der Waals surface area contributed by atoms with Gasteiger partial charge in [-0.15, -0.1) is 11.8 Å². The molecule has 0 spiro atoms. The highest BCUT2D eigenvalue weighted by atomic mass is 32.2. The fourth-order valence-corrected chi connectivity index (χ4v) is 9.99. The Hall–Kier alpha value is -4.68. The molecular weight excluding hydrogens is 656 g/mol. The van der Waals surface area contributed by atoms with Crippen molar-refractivity contribution in [2.24, 2.45) is 0 Å². The molecule has 2 saturated heterocycles. The van der Waals surface area contributed by atoms with Gasteiger partial charge in [0, 0.05) is 48.8 Å². The van der Waals surface area contributed by atoms with Gasteiger partial charge in [0.15, 0.2) is 23.0 Å². The van der Waals surface area contributed by atoms with Gasteiger partial charge in [0.2, 0.25) is 18.6 Å². The molecule has 14 nitrogen and oxygen atoms in total. The first-order valence-corrected chi connectivity index (χ1v) is 17.0. The third-order valence-corrected chi connectivity index (χ3v) is 11.5. The molecule has 7 rings (SSSR count). The molecule has 1 unspecified atom stereocenters. The van der Waals surface area contributed by atoms with E-state index in [1.807, 2.05) is 17.9 Å². The van der Waals surface area contributed by atoms with Gasteiger partial charge >= 0.3 is 11.9 Å².